The van der Waals surface area contributed by atoms with Crippen LogP contribution in [0, 0.1) is 0 Å². The summed E-state index contributed by atoms with van der Waals surface area (Å²) in [6.07, 6.45) is 13.7. The minimum Gasteiger partial charge on any atom is -0.377 e. The van der Waals surface area contributed by atoms with Crippen molar-refractivity contribution in [1.82, 2.24) is 4.90 Å². The number of piperidine rings is 1. The lowest BCUT2D eigenvalue weighted by molar-refractivity contribution is 0.109. The molecule has 2 atom stereocenters. The molecule has 0 aromatic heterocycles. The molecule has 2 N–H and O–H groups in total. The Morgan fingerprint density at radius 3 is 1.89 bits per heavy atom. The van der Waals surface area contributed by atoms with Gasteiger partial charge in [0.2, 0.25) is 0 Å². The van der Waals surface area contributed by atoms with Crippen molar-refractivity contribution in [2.75, 3.05) is 26.3 Å². The molecule has 35 heavy (non-hydrogen) atoms. The van der Waals surface area contributed by atoms with Crippen LogP contribution in [0.2, 0.25) is 0 Å². The maximum absolute atomic E-state index is 6.48. The Kier molecular flexibility index (Phi) is 14.1. The van der Waals surface area contributed by atoms with Crippen LogP contribution >= 0.6 is 0 Å². The van der Waals surface area contributed by atoms with Gasteiger partial charge in [-0.1, -0.05) is 86.3 Å². The van der Waals surface area contributed by atoms with Gasteiger partial charge in [-0.3, -0.25) is 0 Å². The standard InChI is InChI=1S/C31H48N2O2/c32-30(21-25-35-27-29-16-8-4-9-17-29)19-20-31(33-22-11-5-12-23-33)18-10-1-2-13-24-34-26-28-14-6-3-7-15-28/h3-4,6-9,14-17,30-31H,1-2,5,10-13,18-27,32H2. The van der Waals surface area contributed by atoms with E-state index in [1.807, 2.05) is 6.07 Å². The Morgan fingerprint density at radius 1 is 0.629 bits per heavy atom. The zero-order valence-electron chi connectivity index (χ0n) is 21.8. The molecule has 0 spiro atoms. The number of benzene rings is 2. The van der Waals surface area contributed by atoms with Crippen LogP contribution in [0.25, 0.3) is 0 Å². The molecule has 4 nitrogen and oxygen atoms in total. The smallest absolute Gasteiger partial charge is 0.0716 e. The number of ether oxygens (including phenoxy) is 2. The summed E-state index contributed by atoms with van der Waals surface area (Å²) in [6.45, 7) is 5.57. The molecule has 4 heteroatoms. The van der Waals surface area contributed by atoms with Crippen LogP contribution in [0.15, 0.2) is 60.7 Å². The molecule has 1 fully saturated rings. The Hall–Kier alpha value is -1.72. The molecule has 0 amide bonds. The summed E-state index contributed by atoms with van der Waals surface area (Å²) in [5.74, 6) is 0. The van der Waals surface area contributed by atoms with E-state index < -0.39 is 0 Å². The summed E-state index contributed by atoms with van der Waals surface area (Å²) in [5.41, 5.74) is 8.98. The van der Waals surface area contributed by atoms with Crippen molar-refractivity contribution in [1.29, 1.82) is 0 Å². The minimum atomic E-state index is 0.236. The lowest BCUT2D eigenvalue weighted by Gasteiger charge is -2.35. The van der Waals surface area contributed by atoms with Crippen molar-refractivity contribution in [2.45, 2.75) is 95.9 Å². The number of nitrogens with zero attached hydrogens (tertiary/aromatic N) is 1. The maximum Gasteiger partial charge on any atom is 0.0716 e. The van der Waals surface area contributed by atoms with Gasteiger partial charge in [0.05, 0.1) is 13.2 Å². The predicted molar refractivity (Wildman–Crippen MR) is 146 cm³/mol. The molecule has 1 aliphatic rings. The average Bonchev–Trinajstić information content (AvgIpc) is 2.91. The van der Waals surface area contributed by atoms with E-state index in [4.69, 9.17) is 15.2 Å². The van der Waals surface area contributed by atoms with Gasteiger partial charge in [-0.2, -0.15) is 0 Å². The highest BCUT2D eigenvalue weighted by Crippen LogP contribution is 2.21. The average molecular weight is 481 g/mol. The summed E-state index contributed by atoms with van der Waals surface area (Å²) < 4.78 is 11.7. The summed E-state index contributed by atoms with van der Waals surface area (Å²) in [5, 5.41) is 0. The van der Waals surface area contributed by atoms with Gasteiger partial charge >= 0.3 is 0 Å². The second kappa shape index (κ2) is 17.7. The molecule has 2 aromatic carbocycles. The zero-order chi connectivity index (χ0) is 24.4. The molecule has 1 aliphatic heterocycles. The third kappa shape index (κ3) is 12.2. The lowest BCUT2D eigenvalue weighted by atomic mass is 9.96. The van der Waals surface area contributed by atoms with E-state index in [9.17, 15) is 0 Å². The van der Waals surface area contributed by atoms with Gasteiger partial charge in [-0.25, -0.2) is 0 Å². The van der Waals surface area contributed by atoms with Crippen LogP contribution in [0.5, 0.6) is 0 Å². The molecule has 0 aliphatic carbocycles. The first-order valence-electron chi connectivity index (χ1n) is 14.0. The van der Waals surface area contributed by atoms with Crippen LogP contribution < -0.4 is 5.73 Å². The Bertz CT molecular complexity index is 749. The van der Waals surface area contributed by atoms with Crippen LogP contribution in [-0.4, -0.2) is 43.3 Å². The molecule has 1 saturated heterocycles. The Labute approximate surface area is 214 Å². The highest BCUT2D eigenvalue weighted by atomic mass is 16.5. The Balaban J connectivity index is 1.26. The summed E-state index contributed by atoms with van der Waals surface area (Å²) in [4.78, 5) is 2.76. The number of nitrogens with two attached hydrogens (primary N) is 1. The number of hydrogen-bond acceptors (Lipinski definition) is 4. The summed E-state index contributed by atoms with van der Waals surface area (Å²) in [7, 11) is 0. The van der Waals surface area contributed by atoms with Crippen molar-refractivity contribution < 1.29 is 9.47 Å². The van der Waals surface area contributed by atoms with Gasteiger partial charge < -0.3 is 20.1 Å². The van der Waals surface area contributed by atoms with E-state index in [1.165, 1.54) is 75.6 Å². The fourth-order valence-corrected chi connectivity index (χ4v) is 5.04. The second-order valence-electron chi connectivity index (χ2n) is 10.2. The van der Waals surface area contributed by atoms with Gasteiger partial charge in [0.1, 0.15) is 0 Å². The molecule has 0 saturated carbocycles. The van der Waals surface area contributed by atoms with E-state index in [1.54, 1.807) is 0 Å². The monoisotopic (exact) mass is 480 g/mol. The topological polar surface area (TPSA) is 47.7 Å². The van der Waals surface area contributed by atoms with Crippen LogP contribution in [0.4, 0.5) is 0 Å². The van der Waals surface area contributed by atoms with Crippen molar-refractivity contribution in [3.8, 4) is 0 Å². The minimum absolute atomic E-state index is 0.236. The van der Waals surface area contributed by atoms with Gasteiger partial charge in [0.15, 0.2) is 0 Å². The van der Waals surface area contributed by atoms with Gasteiger partial charge in [-0.15, -0.1) is 0 Å². The maximum atomic E-state index is 6.48. The van der Waals surface area contributed by atoms with E-state index in [0.29, 0.717) is 12.6 Å². The molecular weight excluding hydrogens is 432 g/mol. The molecule has 2 unspecified atom stereocenters. The summed E-state index contributed by atoms with van der Waals surface area (Å²) in [6, 6.07) is 21.8. The van der Waals surface area contributed by atoms with E-state index in [2.05, 4.69) is 59.5 Å². The van der Waals surface area contributed by atoms with Crippen molar-refractivity contribution in [2.24, 2.45) is 5.73 Å². The first-order valence-corrected chi connectivity index (χ1v) is 14.0. The predicted octanol–water partition coefficient (Wildman–Crippen LogP) is 6.72. The molecule has 2 aromatic rings. The van der Waals surface area contributed by atoms with Crippen LogP contribution in [-0.2, 0) is 22.7 Å². The van der Waals surface area contributed by atoms with Crippen LogP contribution in [0.3, 0.4) is 0 Å². The van der Waals surface area contributed by atoms with Crippen LogP contribution in [0.1, 0.15) is 81.8 Å². The molecule has 0 bridgehead atoms. The van der Waals surface area contributed by atoms with E-state index in [0.717, 1.165) is 39.1 Å². The SMILES string of the molecule is NC(CCOCc1ccccc1)CCC(CCCCCCOCc1ccccc1)N1CCCCC1. The fourth-order valence-electron chi connectivity index (χ4n) is 5.04. The molecule has 194 valence electrons. The van der Waals surface area contributed by atoms with Gasteiger partial charge in [0.25, 0.3) is 0 Å². The number of hydrogen-bond donors (Lipinski definition) is 1. The fraction of sp³-hybridized carbons (Fsp3) is 0.613. The second-order valence-corrected chi connectivity index (χ2v) is 10.2. The summed E-state index contributed by atoms with van der Waals surface area (Å²) >= 11 is 0. The van der Waals surface area contributed by atoms with Crippen molar-refractivity contribution >= 4 is 0 Å². The third-order valence-corrected chi connectivity index (χ3v) is 7.21. The normalized spacial score (nSPS) is 16.3. The number of likely N-dealkylation sites (tertiary alicyclic amines) is 1. The lowest BCUT2D eigenvalue weighted by Crippen LogP contribution is -2.40. The van der Waals surface area contributed by atoms with Crippen molar-refractivity contribution in [3.63, 3.8) is 0 Å². The van der Waals surface area contributed by atoms with Gasteiger partial charge in [0, 0.05) is 25.3 Å². The third-order valence-electron chi connectivity index (χ3n) is 7.21. The zero-order valence-corrected chi connectivity index (χ0v) is 21.8. The molecular formula is C31H48N2O2. The Morgan fingerprint density at radius 2 is 1.23 bits per heavy atom. The molecule has 3 rings (SSSR count). The van der Waals surface area contributed by atoms with Crippen molar-refractivity contribution in [3.05, 3.63) is 71.8 Å². The first-order chi connectivity index (χ1) is 17.3. The quantitative estimate of drug-likeness (QED) is 0.241. The molecule has 0 radical (unpaired) electrons. The highest BCUT2D eigenvalue weighted by Gasteiger charge is 2.21. The van der Waals surface area contributed by atoms with Gasteiger partial charge in [-0.05, 0) is 69.2 Å². The number of unbranched alkanes of at least 4 members (excludes halogenated alkanes) is 3. The van der Waals surface area contributed by atoms with E-state index >= 15 is 0 Å². The largest absolute Gasteiger partial charge is 0.377 e. The molecule has 1 heterocycles. The number of rotatable bonds is 18. The first kappa shape index (κ1) is 27.9. The highest BCUT2D eigenvalue weighted by molar-refractivity contribution is 5.14. The van der Waals surface area contributed by atoms with E-state index in [-0.39, 0.29) is 6.04 Å².